The summed E-state index contributed by atoms with van der Waals surface area (Å²) in [6.45, 7) is 27.6. The molecule has 3 amide bonds. The molecule has 0 spiro atoms. The van der Waals surface area contributed by atoms with E-state index in [4.69, 9.17) is 29.5 Å². The summed E-state index contributed by atoms with van der Waals surface area (Å²) in [7, 11) is 0. The van der Waals surface area contributed by atoms with Crippen molar-refractivity contribution in [1.82, 2.24) is 35.1 Å². The van der Waals surface area contributed by atoms with Gasteiger partial charge in [-0.05, 0) is 95.9 Å². The molecule has 17 heteroatoms. The van der Waals surface area contributed by atoms with Crippen LogP contribution in [0.25, 0.3) is 0 Å². The lowest BCUT2D eigenvalue weighted by molar-refractivity contribution is -0.120. The third-order valence-electron chi connectivity index (χ3n) is 14.0. The van der Waals surface area contributed by atoms with Gasteiger partial charge in [0.15, 0.2) is 0 Å². The first-order chi connectivity index (χ1) is 34.0. The first kappa shape index (κ1) is 54.6. The van der Waals surface area contributed by atoms with Crippen LogP contribution in [0, 0.1) is 5.92 Å². The number of amides is 3. The van der Waals surface area contributed by atoms with Gasteiger partial charge in [0.25, 0.3) is 0 Å². The molecular formula is C53H84N12O4S. The van der Waals surface area contributed by atoms with Crippen LogP contribution in [-0.2, 0) is 16.0 Å². The van der Waals surface area contributed by atoms with Gasteiger partial charge in [-0.1, -0.05) is 47.0 Å². The summed E-state index contributed by atoms with van der Waals surface area (Å²) in [6, 6.07) is 7.66. The van der Waals surface area contributed by atoms with Crippen LogP contribution in [0.5, 0.6) is 5.75 Å². The Morgan fingerprint density at radius 3 is 1.97 bits per heavy atom. The summed E-state index contributed by atoms with van der Waals surface area (Å²) < 4.78 is 5.32. The summed E-state index contributed by atoms with van der Waals surface area (Å²) in [6.07, 6.45) is 19.1. The lowest BCUT2D eigenvalue weighted by Crippen LogP contribution is -2.51. The number of hydrogen-bond acceptors (Lipinski definition) is 15. The molecule has 0 radical (unpaired) electrons. The molecule has 6 aliphatic rings. The topological polar surface area (TPSA) is 156 Å². The van der Waals surface area contributed by atoms with Crippen molar-refractivity contribution in [2.75, 3.05) is 116 Å². The summed E-state index contributed by atoms with van der Waals surface area (Å²) in [5.74, 6) is 5.23. The smallest absolute Gasteiger partial charge is 0.328 e. The van der Waals surface area contributed by atoms with Gasteiger partial charge < -0.3 is 34.4 Å². The van der Waals surface area contributed by atoms with Crippen molar-refractivity contribution < 1.29 is 19.1 Å². The van der Waals surface area contributed by atoms with Crippen molar-refractivity contribution in [2.24, 2.45) is 5.92 Å². The second kappa shape index (κ2) is 27.8. The number of thioether (sulfide) groups is 1. The quantitative estimate of drug-likeness (QED) is 0.140. The zero-order chi connectivity index (χ0) is 49.9. The van der Waals surface area contributed by atoms with E-state index >= 15 is 0 Å². The molecule has 3 aromatic rings. The summed E-state index contributed by atoms with van der Waals surface area (Å²) in [4.78, 5) is 66.7. The Morgan fingerprint density at radius 2 is 1.41 bits per heavy atom. The minimum Gasteiger partial charge on any atom is -0.494 e. The van der Waals surface area contributed by atoms with Crippen LogP contribution < -0.4 is 35.0 Å². The van der Waals surface area contributed by atoms with Crippen molar-refractivity contribution in [3.63, 3.8) is 0 Å². The highest BCUT2D eigenvalue weighted by Crippen LogP contribution is 2.41. The Morgan fingerprint density at radius 1 is 0.800 bits per heavy atom. The number of piperidine rings is 1. The van der Waals surface area contributed by atoms with Gasteiger partial charge in [-0.15, -0.1) is 11.8 Å². The van der Waals surface area contributed by atoms with Gasteiger partial charge >= 0.3 is 6.03 Å². The number of hydrogen-bond donors (Lipinski definition) is 2. The fourth-order valence-corrected chi connectivity index (χ4v) is 11.1. The molecule has 5 fully saturated rings. The number of carbonyl (C=O) groups excluding carboxylic acids is 3. The van der Waals surface area contributed by atoms with E-state index in [0.29, 0.717) is 19.6 Å². The van der Waals surface area contributed by atoms with Gasteiger partial charge in [0, 0.05) is 114 Å². The molecular weight excluding hydrogens is 901 g/mol. The predicted molar refractivity (Wildman–Crippen MR) is 286 cm³/mol. The largest absolute Gasteiger partial charge is 0.494 e. The molecule has 9 rings (SSSR count). The van der Waals surface area contributed by atoms with Crippen LogP contribution in [-0.4, -0.2) is 150 Å². The Hall–Kier alpha value is -4.74. The number of carbonyl (C=O) groups is 3. The van der Waals surface area contributed by atoms with Gasteiger partial charge in [-0.3, -0.25) is 19.9 Å². The SMILES string of the molecule is CC=O.CCC.CCCC(CCC)N1CCN(CC2CCN(c3cnc(N4CCN(c5nc6c(c(NC7(C)CCC7)n5)SCC6)CC4)nc3)CC2)CC1.CCOc1ccc(N2CCC(=O)NC2=O)cc1. The zero-order valence-corrected chi connectivity index (χ0v) is 44.4. The number of urea groups is 1. The number of rotatable bonds is 15. The first-order valence-electron chi connectivity index (χ1n) is 26.6. The molecule has 2 aromatic heterocycles. The van der Waals surface area contributed by atoms with E-state index < -0.39 is 0 Å². The zero-order valence-electron chi connectivity index (χ0n) is 43.6. The normalized spacial score (nSPS) is 19.4. The molecule has 7 heterocycles. The molecule has 0 atom stereocenters. The molecule has 16 nitrogen and oxygen atoms in total. The molecule has 0 unspecified atom stereocenters. The molecule has 5 aliphatic heterocycles. The van der Waals surface area contributed by atoms with Crippen LogP contribution >= 0.6 is 11.8 Å². The number of nitrogens with one attached hydrogen (secondary N) is 2. The summed E-state index contributed by atoms with van der Waals surface area (Å²) in [5, 5.41) is 6.08. The minimum absolute atomic E-state index is 0.183. The molecule has 4 saturated heterocycles. The second-order valence-electron chi connectivity index (χ2n) is 19.6. The van der Waals surface area contributed by atoms with E-state index in [2.05, 4.69) is 82.1 Å². The second-order valence-corrected chi connectivity index (χ2v) is 20.7. The fourth-order valence-electron chi connectivity index (χ4n) is 10.1. The number of nitrogens with zero attached hydrogens (tertiary/aromatic N) is 10. The lowest BCUT2D eigenvalue weighted by atomic mass is 9.78. The number of anilines is 5. The number of imide groups is 1. The highest BCUT2D eigenvalue weighted by Gasteiger charge is 2.35. The van der Waals surface area contributed by atoms with Gasteiger partial charge in [-0.2, -0.15) is 4.98 Å². The molecule has 0 bridgehead atoms. The maximum atomic E-state index is 11.6. The summed E-state index contributed by atoms with van der Waals surface area (Å²) in [5.41, 5.74) is 3.33. The third kappa shape index (κ3) is 15.4. The Kier molecular flexibility index (Phi) is 21.6. The Labute approximate surface area is 423 Å². The van der Waals surface area contributed by atoms with Crippen LogP contribution in [0.2, 0.25) is 0 Å². The van der Waals surface area contributed by atoms with Crippen LogP contribution in [0.1, 0.15) is 125 Å². The van der Waals surface area contributed by atoms with Crippen molar-refractivity contribution in [1.29, 1.82) is 0 Å². The molecule has 1 saturated carbocycles. The molecule has 2 N–H and O–H groups in total. The molecule has 1 aromatic carbocycles. The van der Waals surface area contributed by atoms with Gasteiger partial charge in [0.1, 0.15) is 17.9 Å². The number of ether oxygens (including phenoxy) is 1. The van der Waals surface area contributed by atoms with Crippen LogP contribution in [0.4, 0.5) is 33.9 Å². The van der Waals surface area contributed by atoms with E-state index in [9.17, 15) is 9.59 Å². The van der Waals surface area contributed by atoms with Gasteiger partial charge in [-0.25, -0.2) is 19.7 Å². The van der Waals surface area contributed by atoms with Crippen molar-refractivity contribution >= 4 is 59.1 Å². The number of piperazine rings is 2. The Bertz CT molecular complexity index is 2050. The van der Waals surface area contributed by atoms with E-state index in [1.807, 2.05) is 30.8 Å². The number of fused-ring (bicyclic) bond motifs is 1. The highest BCUT2D eigenvalue weighted by atomic mass is 32.2. The molecule has 70 heavy (non-hydrogen) atoms. The average Bonchev–Trinajstić information content (AvgIpc) is 3.85. The molecule has 386 valence electrons. The highest BCUT2D eigenvalue weighted by molar-refractivity contribution is 7.99. The van der Waals surface area contributed by atoms with Crippen molar-refractivity contribution in [2.45, 2.75) is 142 Å². The lowest BCUT2D eigenvalue weighted by Gasteiger charge is -2.41. The van der Waals surface area contributed by atoms with E-state index in [0.717, 1.165) is 98.8 Å². The fraction of sp³-hybridized carbons (Fsp3) is 0.679. The maximum absolute atomic E-state index is 11.6. The average molecular weight is 985 g/mol. The standard InChI is InChI=1S/C36H58N10S.C12H14N2O3.C3H8.C2H4O/c1-4-7-29(8-5-2)44-18-16-42(17-19-44)27-28-9-14-43(15-10-28)30-25-37-34(38-26-30)45-20-22-46(23-21-45)35-39-31-11-24-47-32(31)33(40-35)41-36(3)12-6-13-36;1-2-17-10-5-3-9(4-6-10)14-8-7-11(15)13-12(14)16;1-3-2;1-2-3/h25-26,28-29H,4-24,27H2,1-3H3,(H,39,40,41);3-6H,2,7-8H2,1H3,(H,13,15,16);3H2,1-2H3;2H,1H3. The predicted octanol–water partition coefficient (Wildman–Crippen LogP) is 8.55. The van der Waals surface area contributed by atoms with Crippen molar-refractivity contribution in [3.8, 4) is 5.75 Å². The number of aryl methyl sites for hydroxylation is 1. The molecule has 1 aliphatic carbocycles. The van der Waals surface area contributed by atoms with E-state index in [1.165, 1.54) is 125 Å². The third-order valence-corrected chi connectivity index (χ3v) is 15.2. The monoisotopic (exact) mass is 985 g/mol. The summed E-state index contributed by atoms with van der Waals surface area (Å²) >= 11 is 1.91. The minimum atomic E-state index is -0.370. The number of aromatic nitrogens is 4. The first-order valence-corrected chi connectivity index (χ1v) is 27.6. The number of benzene rings is 1. The van der Waals surface area contributed by atoms with Crippen LogP contribution in [0.15, 0.2) is 41.6 Å². The van der Waals surface area contributed by atoms with E-state index in [-0.39, 0.29) is 17.5 Å². The van der Waals surface area contributed by atoms with E-state index in [1.54, 1.807) is 12.1 Å². The van der Waals surface area contributed by atoms with Crippen LogP contribution in [0.3, 0.4) is 0 Å². The Balaban J connectivity index is 0.000000290. The van der Waals surface area contributed by atoms with Crippen molar-refractivity contribution in [3.05, 3.63) is 42.4 Å². The number of aldehydes is 1. The van der Waals surface area contributed by atoms with Gasteiger partial charge in [0.05, 0.1) is 35.3 Å². The maximum Gasteiger partial charge on any atom is 0.328 e. The van der Waals surface area contributed by atoms with Gasteiger partial charge in [0.2, 0.25) is 17.8 Å².